The third kappa shape index (κ3) is 51.8. The van der Waals surface area contributed by atoms with Crippen molar-refractivity contribution in [2.24, 2.45) is 0 Å². The van der Waals surface area contributed by atoms with Crippen LogP contribution in [0.1, 0.15) is 375 Å². The zero-order chi connectivity index (χ0) is 54.7. The van der Waals surface area contributed by atoms with E-state index in [1.807, 2.05) is 0 Å². The molecule has 0 aromatic rings. The van der Waals surface area contributed by atoms with E-state index >= 15 is 0 Å². The quantitative estimate of drug-likeness (QED) is 0.0345. The summed E-state index contributed by atoms with van der Waals surface area (Å²) in [5.74, 6) is -0.00123. The molecule has 0 heterocycles. The summed E-state index contributed by atoms with van der Waals surface area (Å²) in [7, 11) is 0. The molecule has 0 aromatic carbocycles. The monoisotopic (exact) mass is 1270 g/mol. The van der Waals surface area contributed by atoms with Gasteiger partial charge in [-0.15, -0.1) is 0 Å². The van der Waals surface area contributed by atoms with E-state index in [1.165, 1.54) is 270 Å². The second kappa shape index (κ2) is 60.1. The van der Waals surface area contributed by atoms with Gasteiger partial charge in [0.25, 0.3) is 0 Å². The number of carbonyl (C=O) groups excluding carboxylic acids is 2. The Labute approximate surface area is 481 Å². The first-order valence-corrected chi connectivity index (χ1v) is 47.0. The van der Waals surface area contributed by atoms with Crippen LogP contribution in [0.15, 0.2) is 24.3 Å². The topological polar surface area (TPSA) is 61.8 Å². The Morgan fingerprint density at radius 2 is 0.440 bits per heavy atom. The zero-order valence-electron chi connectivity index (χ0n) is 51.9. The Balaban J connectivity index is 6.28. The van der Waals surface area contributed by atoms with Crippen molar-refractivity contribution in [3.8, 4) is 0 Å². The van der Waals surface area contributed by atoms with Crippen molar-refractivity contribution in [1.82, 2.24) is 0 Å². The normalized spacial score (nSPS) is 12.2. The molecule has 0 spiro atoms. The fourth-order valence-electron chi connectivity index (χ4n) is 10.9. The molecule has 0 aliphatic rings. The van der Waals surface area contributed by atoms with Gasteiger partial charge < -0.3 is 0 Å². The summed E-state index contributed by atoms with van der Waals surface area (Å²) >= 11 is -8.32. The summed E-state index contributed by atoms with van der Waals surface area (Å²) < 4.78 is 26.1. The van der Waals surface area contributed by atoms with Crippen molar-refractivity contribution in [2.75, 3.05) is 0 Å². The minimum atomic E-state index is -4.16. The molecule has 0 aliphatic carbocycles. The second-order valence-corrected chi connectivity index (χ2v) is 45.4. The summed E-state index contributed by atoms with van der Waals surface area (Å²) in [4.78, 5) is 28.8. The van der Waals surface area contributed by atoms with E-state index in [2.05, 4.69) is 65.8 Å². The molecule has 0 atom stereocenters. The van der Waals surface area contributed by atoms with Crippen molar-refractivity contribution in [2.45, 2.75) is 393 Å². The van der Waals surface area contributed by atoms with Gasteiger partial charge in [-0.25, -0.2) is 0 Å². The first-order valence-electron chi connectivity index (χ1n) is 34.3. The summed E-state index contributed by atoms with van der Waals surface area (Å²) in [5, 5.41) is 0. The molecule has 0 N–H and O–H groups in total. The SMILES string of the molecule is CCCCCCCC/C=C\CCCCCCCC(=O)[O][Sn]([CH2]CCCCCCC)([CH2]CCCCCCC)[O][Sn]([CH2]CCCCCCC)([CH2]CCCCCCC)[O]C(=O)CCCCCCC/C=C\CCCCCCCC. The van der Waals surface area contributed by atoms with Crippen molar-refractivity contribution in [3.05, 3.63) is 24.3 Å². The van der Waals surface area contributed by atoms with Gasteiger partial charge in [0.2, 0.25) is 0 Å². The van der Waals surface area contributed by atoms with Crippen molar-refractivity contribution in [3.63, 3.8) is 0 Å². The molecule has 0 aromatic heterocycles. The fourth-order valence-corrected chi connectivity index (χ4v) is 51.2. The van der Waals surface area contributed by atoms with Crippen molar-refractivity contribution in [1.29, 1.82) is 0 Å². The standard InChI is InChI=1S/2C18H34O2.4C8H17.O.2Sn/c2*1-2-3-4-5-6-7-8-9-10-11-12-13-14-15-16-17-18(19)20;4*1-3-5-7-8-6-4-2;;;/h2*9-10H,2-8,11-17H2,1H3,(H,19,20);4*1,3-8H2,2H3;;;/q;;;;;;;2*+1/p-2/b2*10-9-;;;;;;;. The predicted octanol–water partition coefficient (Wildman–Crippen LogP) is 24.5. The number of rotatable bonds is 62. The molecule has 0 rings (SSSR count). The Kier molecular flexibility index (Phi) is 60.1. The van der Waals surface area contributed by atoms with E-state index in [0.717, 1.165) is 69.1 Å². The van der Waals surface area contributed by atoms with Crippen LogP contribution in [-0.4, -0.2) is 50.3 Å². The molecule has 0 radical (unpaired) electrons. The van der Waals surface area contributed by atoms with Crippen LogP contribution in [0.25, 0.3) is 0 Å². The second-order valence-electron chi connectivity index (χ2n) is 23.6. The molecule has 0 saturated heterocycles. The first-order chi connectivity index (χ1) is 36.9. The number of hydrogen-bond acceptors (Lipinski definition) is 5. The van der Waals surface area contributed by atoms with Gasteiger partial charge in [-0.05, 0) is 12.8 Å². The van der Waals surface area contributed by atoms with Gasteiger partial charge in [0, 0.05) is 0 Å². The van der Waals surface area contributed by atoms with Gasteiger partial charge in [-0.1, -0.05) is 78.1 Å². The maximum atomic E-state index is 14.4. The average Bonchev–Trinajstić information content (AvgIpc) is 3.40. The minimum absolute atomic E-state index is 0.000616. The van der Waals surface area contributed by atoms with Gasteiger partial charge in [-0.2, -0.15) is 0 Å². The third-order valence-corrected chi connectivity index (χ3v) is 48.4. The van der Waals surface area contributed by atoms with Crippen LogP contribution in [0.4, 0.5) is 0 Å². The van der Waals surface area contributed by atoms with Crippen molar-refractivity contribution < 1.29 is 17.1 Å². The first kappa shape index (κ1) is 75.0. The molecule has 444 valence electrons. The summed E-state index contributed by atoms with van der Waals surface area (Å²) in [5.41, 5.74) is 0. The molecular weight excluding hydrogens is 1130 g/mol. The molecule has 0 amide bonds. The van der Waals surface area contributed by atoms with Gasteiger partial charge in [0.05, 0.1) is 0 Å². The zero-order valence-corrected chi connectivity index (χ0v) is 57.7. The number of unbranched alkanes of at least 4 members (excludes halogenated alkanes) is 42. The van der Waals surface area contributed by atoms with Gasteiger partial charge in [-0.3, -0.25) is 0 Å². The van der Waals surface area contributed by atoms with Crippen LogP contribution in [0.5, 0.6) is 0 Å². The predicted molar refractivity (Wildman–Crippen MR) is 336 cm³/mol. The number of allylic oxidation sites excluding steroid dienone is 4. The van der Waals surface area contributed by atoms with Crippen LogP contribution in [0.2, 0.25) is 17.7 Å². The molecule has 75 heavy (non-hydrogen) atoms. The van der Waals surface area contributed by atoms with E-state index in [1.54, 1.807) is 0 Å². The molecular formula is C68H134O5Sn2. The maximum absolute atomic E-state index is 14.4. The van der Waals surface area contributed by atoms with E-state index in [9.17, 15) is 9.59 Å². The smallest absolute Gasteiger partial charge is 0.0654 e. The Morgan fingerprint density at radius 1 is 0.253 bits per heavy atom. The van der Waals surface area contributed by atoms with Crippen molar-refractivity contribution >= 4 is 50.3 Å². The van der Waals surface area contributed by atoms with Crippen LogP contribution in [0.3, 0.4) is 0 Å². The Morgan fingerprint density at radius 3 is 0.667 bits per heavy atom. The fraction of sp³-hybridized carbons (Fsp3) is 0.912. The molecule has 7 heteroatoms. The van der Waals surface area contributed by atoms with E-state index in [-0.39, 0.29) is 11.9 Å². The minimum Gasteiger partial charge on any atom is -0.0654 e. The van der Waals surface area contributed by atoms with Gasteiger partial charge in [0.15, 0.2) is 0 Å². The molecule has 0 aliphatic heterocycles. The van der Waals surface area contributed by atoms with E-state index < -0.39 is 38.4 Å². The van der Waals surface area contributed by atoms with Gasteiger partial charge in [0.1, 0.15) is 0 Å². The van der Waals surface area contributed by atoms with Crippen LogP contribution in [-0.2, 0) is 17.1 Å². The van der Waals surface area contributed by atoms with Crippen LogP contribution >= 0.6 is 0 Å². The van der Waals surface area contributed by atoms with E-state index in [4.69, 9.17) is 7.56 Å². The Bertz CT molecular complexity index is 1110. The molecule has 5 nitrogen and oxygen atoms in total. The molecule has 0 fully saturated rings. The van der Waals surface area contributed by atoms with Crippen LogP contribution < -0.4 is 0 Å². The summed E-state index contributed by atoms with van der Waals surface area (Å²) in [6, 6.07) is 0. The van der Waals surface area contributed by atoms with E-state index in [0.29, 0.717) is 12.8 Å². The number of hydrogen-bond donors (Lipinski definition) is 0. The number of carbonyl (C=O) groups is 2. The Hall–Kier alpha value is -0.0226. The van der Waals surface area contributed by atoms with Crippen LogP contribution in [0, 0.1) is 0 Å². The summed E-state index contributed by atoms with van der Waals surface area (Å²) in [6.07, 6.45) is 72.3. The summed E-state index contributed by atoms with van der Waals surface area (Å²) in [6.45, 7) is 13.8. The molecule has 0 unspecified atom stereocenters. The molecule has 0 bridgehead atoms. The third-order valence-electron chi connectivity index (χ3n) is 15.9. The average molecular weight is 1270 g/mol. The van der Waals surface area contributed by atoms with Gasteiger partial charge >= 0.3 is 394 Å². The molecule has 0 saturated carbocycles.